The Hall–Kier alpha value is -3.36. The summed E-state index contributed by atoms with van der Waals surface area (Å²) in [5, 5.41) is 0. The number of nitrogens with one attached hydrogen (secondary N) is 2. The normalized spacial score (nSPS) is 11.5. The minimum Gasteiger partial charge on any atom is -0.329 e. The number of fused-ring (bicyclic) bond motifs is 1. The van der Waals surface area contributed by atoms with Crippen LogP contribution in [0.4, 0.5) is 13.2 Å². The molecule has 1 heterocycles. The lowest BCUT2D eigenvalue weighted by Gasteiger charge is -2.10. The lowest BCUT2D eigenvalue weighted by molar-refractivity contribution is -0.137. The number of hydrogen-bond donors (Lipinski definition) is 2. The van der Waals surface area contributed by atoms with Gasteiger partial charge in [-0.3, -0.25) is 20.4 Å². The molecule has 0 saturated heterocycles. The van der Waals surface area contributed by atoms with Crippen LogP contribution in [0.25, 0.3) is 11.0 Å². The highest BCUT2D eigenvalue weighted by molar-refractivity contribution is 6.00. The zero-order valence-electron chi connectivity index (χ0n) is 15.1. The minimum atomic E-state index is -4.56. The molecule has 0 aliphatic carbocycles. The van der Waals surface area contributed by atoms with E-state index >= 15 is 0 Å². The number of hydrogen-bond acceptors (Lipinski definition) is 3. The first-order chi connectivity index (χ1) is 13.2. The maximum absolute atomic E-state index is 12.7. The second-order valence-electron chi connectivity index (χ2n) is 6.09. The molecular weight excluding hydrogens is 373 g/mol. The molecule has 0 atom stereocenters. The molecule has 1 aromatic heterocycles. The molecule has 0 aliphatic rings. The Morgan fingerprint density at radius 3 is 2.29 bits per heavy atom. The van der Waals surface area contributed by atoms with Gasteiger partial charge in [0.2, 0.25) is 0 Å². The Morgan fingerprint density at radius 1 is 1.04 bits per heavy atom. The molecule has 2 N–H and O–H groups in total. The summed E-state index contributed by atoms with van der Waals surface area (Å²) in [4.78, 5) is 28.7. The number of carbonyl (C=O) groups excluding carboxylic acids is 2. The highest BCUT2D eigenvalue weighted by atomic mass is 19.4. The quantitative estimate of drug-likeness (QED) is 0.673. The molecule has 0 radical (unpaired) electrons. The molecule has 6 nitrogen and oxygen atoms in total. The van der Waals surface area contributed by atoms with Gasteiger partial charge >= 0.3 is 6.18 Å². The Labute approximate surface area is 158 Å². The van der Waals surface area contributed by atoms with E-state index in [2.05, 4.69) is 15.8 Å². The summed E-state index contributed by atoms with van der Waals surface area (Å²) < 4.78 is 40.2. The number of hydrazine groups is 1. The van der Waals surface area contributed by atoms with Crippen LogP contribution in [0.1, 0.15) is 39.0 Å². The van der Waals surface area contributed by atoms with Crippen LogP contribution in [-0.2, 0) is 12.7 Å². The number of nitrogens with zero attached hydrogens (tertiary/aromatic N) is 2. The minimum absolute atomic E-state index is 0.220. The van der Waals surface area contributed by atoms with Gasteiger partial charge in [0.1, 0.15) is 5.82 Å². The van der Waals surface area contributed by atoms with E-state index in [4.69, 9.17) is 0 Å². The summed E-state index contributed by atoms with van der Waals surface area (Å²) in [6.45, 7) is 4.58. The van der Waals surface area contributed by atoms with Crippen LogP contribution in [0.5, 0.6) is 0 Å². The number of aryl methyl sites for hydroxylation is 2. The fourth-order valence-corrected chi connectivity index (χ4v) is 2.89. The van der Waals surface area contributed by atoms with E-state index in [-0.39, 0.29) is 11.1 Å². The summed E-state index contributed by atoms with van der Waals surface area (Å²) in [5.41, 5.74) is 4.93. The molecule has 0 saturated carbocycles. The molecule has 0 aliphatic heterocycles. The van der Waals surface area contributed by atoms with E-state index in [0.717, 1.165) is 30.0 Å². The largest absolute Gasteiger partial charge is 0.416 e. The third-order valence-corrected chi connectivity index (χ3v) is 4.26. The summed E-state index contributed by atoms with van der Waals surface area (Å²) in [7, 11) is 0. The molecule has 0 fully saturated rings. The fourth-order valence-electron chi connectivity index (χ4n) is 2.89. The van der Waals surface area contributed by atoms with Gasteiger partial charge in [-0.05, 0) is 50.2 Å². The van der Waals surface area contributed by atoms with Gasteiger partial charge in [-0.2, -0.15) is 13.2 Å². The zero-order valence-corrected chi connectivity index (χ0v) is 15.1. The lowest BCUT2D eigenvalue weighted by atomic mass is 10.1. The number of imidazole rings is 1. The van der Waals surface area contributed by atoms with E-state index in [1.54, 1.807) is 18.2 Å². The first kappa shape index (κ1) is 19.4. The van der Waals surface area contributed by atoms with Gasteiger partial charge in [0.05, 0.1) is 16.6 Å². The van der Waals surface area contributed by atoms with Crippen LogP contribution in [0.3, 0.4) is 0 Å². The van der Waals surface area contributed by atoms with E-state index < -0.39 is 23.6 Å². The number of halogens is 3. The maximum atomic E-state index is 12.7. The van der Waals surface area contributed by atoms with Gasteiger partial charge in [0.25, 0.3) is 11.8 Å². The summed E-state index contributed by atoms with van der Waals surface area (Å²) >= 11 is 0. The van der Waals surface area contributed by atoms with Crippen molar-refractivity contribution in [1.29, 1.82) is 0 Å². The SMILES string of the molecule is CCn1c(C)nc2cc(C(=O)NNC(=O)c3cccc(C(F)(F)F)c3)ccc21. The van der Waals surface area contributed by atoms with Crippen molar-refractivity contribution in [3.63, 3.8) is 0 Å². The topological polar surface area (TPSA) is 76.0 Å². The lowest BCUT2D eigenvalue weighted by Crippen LogP contribution is -2.41. The van der Waals surface area contributed by atoms with Gasteiger partial charge in [-0.25, -0.2) is 4.98 Å². The number of alkyl halides is 3. The molecule has 2 amide bonds. The highest BCUT2D eigenvalue weighted by Gasteiger charge is 2.30. The average molecular weight is 390 g/mol. The standard InChI is InChI=1S/C19H17F3N4O2/c1-3-26-11(2)23-15-10-13(7-8-16(15)26)18(28)25-24-17(27)12-5-4-6-14(9-12)19(20,21)22/h4-10H,3H2,1-2H3,(H,24,27)(H,25,28). The highest BCUT2D eigenvalue weighted by Crippen LogP contribution is 2.29. The third-order valence-electron chi connectivity index (χ3n) is 4.26. The number of amides is 2. The number of benzene rings is 2. The smallest absolute Gasteiger partial charge is 0.329 e. The first-order valence-corrected chi connectivity index (χ1v) is 8.45. The molecule has 0 spiro atoms. The fraction of sp³-hybridized carbons (Fsp3) is 0.211. The van der Waals surface area contributed by atoms with Gasteiger partial charge in [0, 0.05) is 17.7 Å². The van der Waals surface area contributed by atoms with Crippen molar-refractivity contribution in [1.82, 2.24) is 20.4 Å². The molecular formula is C19H17F3N4O2. The van der Waals surface area contributed by atoms with Crippen molar-refractivity contribution in [2.75, 3.05) is 0 Å². The van der Waals surface area contributed by atoms with E-state index in [0.29, 0.717) is 11.6 Å². The monoisotopic (exact) mass is 390 g/mol. The number of rotatable bonds is 3. The van der Waals surface area contributed by atoms with Crippen molar-refractivity contribution in [2.45, 2.75) is 26.6 Å². The predicted molar refractivity (Wildman–Crippen MR) is 96.5 cm³/mol. The Bertz CT molecular complexity index is 1060. The molecule has 0 unspecified atom stereocenters. The van der Waals surface area contributed by atoms with Crippen molar-refractivity contribution >= 4 is 22.8 Å². The third kappa shape index (κ3) is 3.83. The van der Waals surface area contributed by atoms with E-state index in [1.165, 1.54) is 6.07 Å². The summed E-state index contributed by atoms with van der Waals surface area (Å²) in [5.74, 6) is -0.648. The zero-order chi connectivity index (χ0) is 20.5. The Balaban J connectivity index is 1.72. The average Bonchev–Trinajstić information content (AvgIpc) is 2.99. The van der Waals surface area contributed by atoms with E-state index in [9.17, 15) is 22.8 Å². The molecule has 9 heteroatoms. The van der Waals surface area contributed by atoms with Crippen LogP contribution in [0.15, 0.2) is 42.5 Å². The molecule has 28 heavy (non-hydrogen) atoms. The van der Waals surface area contributed by atoms with Crippen LogP contribution in [-0.4, -0.2) is 21.4 Å². The van der Waals surface area contributed by atoms with Gasteiger partial charge in [0.15, 0.2) is 0 Å². The molecule has 2 aromatic carbocycles. The maximum Gasteiger partial charge on any atom is 0.416 e. The second-order valence-corrected chi connectivity index (χ2v) is 6.09. The van der Waals surface area contributed by atoms with Gasteiger partial charge in [-0.15, -0.1) is 0 Å². The van der Waals surface area contributed by atoms with Crippen LogP contribution >= 0.6 is 0 Å². The molecule has 146 valence electrons. The second kappa shape index (κ2) is 7.34. The van der Waals surface area contributed by atoms with Crippen LogP contribution in [0.2, 0.25) is 0 Å². The van der Waals surface area contributed by atoms with Crippen LogP contribution in [0, 0.1) is 6.92 Å². The Kier molecular flexibility index (Phi) is 5.08. The predicted octanol–water partition coefficient (Wildman–Crippen LogP) is 3.46. The van der Waals surface area contributed by atoms with Crippen LogP contribution < -0.4 is 10.9 Å². The Morgan fingerprint density at radius 2 is 1.68 bits per heavy atom. The summed E-state index contributed by atoms with van der Waals surface area (Å²) in [6.07, 6.45) is -4.56. The summed E-state index contributed by atoms with van der Waals surface area (Å²) in [6, 6.07) is 8.85. The van der Waals surface area contributed by atoms with E-state index in [1.807, 2.05) is 18.4 Å². The van der Waals surface area contributed by atoms with Crippen molar-refractivity contribution < 1.29 is 22.8 Å². The molecule has 3 rings (SSSR count). The number of carbonyl (C=O) groups is 2. The van der Waals surface area contributed by atoms with Gasteiger partial charge in [-0.1, -0.05) is 6.07 Å². The molecule has 3 aromatic rings. The molecule has 0 bridgehead atoms. The van der Waals surface area contributed by atoms with Crippen molar-refractivity contribution in [2.24, 2.45) is 0 Å². The number of aromatic nitrogens is 2. The van der Waals surface area contributed by atoms with Gasteiger partial charge < -0.3 is 4.57 Å². The van der Waals surface area contributed by atoms with Crippen molar-refractivity contribution in [3.8, 4) is 0 Å². The first-order valence-electron chi connectivity index (χ1n) is 8.45. The van der Waals surface area contributed by atoms with Crippen molar-refractivity contribution in [3.05, 3.63) is 65.0 Å².